The number of hydrogen-bond acceptors (Lipinski definition) is 5. The molecule has 0 spiro atoms. The molecule has 0 amide bonds. The predicted molar refractivity (Wildman–Crippen MR) is 101 cm³/mol. The van der Waals surface area contributed by atoms with E-state index in [1.165, 1.54) is 18.2 Å². The molecule has 136 valence electrons. The second-order valence-corrected chi connectivity index (χ2v) is 6.22. The zero-order valence-electron chi connectivity index (χ0n) is 14.0. The molecule has 0 saturated heterocycles. The monoisotopic (exact) mass is 386 g/mol. The van der Waals surface area contributed by atoms with Crippen LogP contribution in [0.4, 0.5) is 31.9 Å². The van der Waals surface area contributed by atoms with Crippen LogP contribution in [0.3, 0.4) is 0 Å². The average Bonchev–Trinajstić information content (AvgIpc) is 3.02. The van der Waals surface area contributed by atoms with Crippen molar-refractivity contribution in [3.63, 3.8) is 0 Å². The van der Waals surface area contributed by atoms with Crippen molar-refractivity contribution in [3.05, 3.63) is 65.4 Å². The van der Waals surface area contributed by atoms with Gasteiger partial charge >= 0.3 is 0 Å². The van der Waals surface area contributed by atoms with Gasteiger partial charge in [-0.3, -0.25) is 4.68 Å². The second-order valence-electron chi connectivity index (χ2n) is 5.81. The summed E-state index contributed by atoms with van der Waals surface area (Å²) in [6.07, 6.45) is 2.81. The number of nitrogens with zero attached hydrogens (tertiary/aromatic N) is 4. The molecule has 0 unspecified atom stereocenters. The van der Waals surface area contributed by atoms with E-state index in [0.717, 1.165) is 22.8 Å². The first-order valence-corrected chi connectivity index (χ1v) is 8.31. The zero-order chi connectivity index (χ0) is 19.0. The number of fused-ring (bicyclic) bond motifs is 1. The highest BCUT2D eigenvalue weighted by Crippen LogP contribution is 2.25. The van der Waals surface area contributed by atoms with Crippen LogP contribution in [0, 0.1) is 11.6 Å². The summed E-state index contributed by atoms with van der Waals surface area (Å²) in [5, 5.41) is 10.9. The van der Waals surface area contributed by atoms with Crippen LogP contribution in [0.15, 0.2) is 48.8 Å². The van der Waals surface area contributed by atoms with Gasteiger partial charge in [0.25, 0.3) is 0 Å². The summed E-state index contributed by atoms with van der Waals surface area (Å²) in [7, 11) is 1.84. The van der Waals surface area contributed by atoms with Crippen molar-refractivity contribution in [2.24, 2.45) is 7.05 Å². The minimum Gasteiger partial charge on any atom is -0.338 e. The number of nitrogens with one attached hydrogen (secondary N) is 2. The average molecular weight is 387 g/mol. The van der Waals surface area contributed by atoms with E-state index in [1.54, 1.807) is 10.9 Å². The van der Waals surface area contributed by atoms with Gasteiger partial charge in [0.15, 0.2) is 11.6 Å². The van der Waals surface area contributed by atoms with Gasteiger partial charge in [0, 0.05) is 23.8 Å². The maximum atomic E-state index is 14.1. The summed E-state index contributed by atoms with van der Waals surface area (Å²) < 4.78 is 29.1. The molecule has 2 N–H and O–H groups in total. The third-order valence-electron chi connectivity index (χ3n) is 3.93. The molecule has 0 fully saturated rings. The molecule has 0 saturated carbocycles. The van der Waals surface area contributed by atoms with Crippen LogP contribution in [0.25, 0.3) is 10.9 Å². The maximum absolute atomic E-state index is 14.1. The summed E-state index contributed by atoms with van der Waals surface area (Å²) in [6, 6.07) is 9.62. The van der Waals surface area contributed by atoms with Gasteiger partial charge in [-0.2, -0.15) is 10.1 Å². The third kappa shape index (κ3) is 3.52. The zero-order valence-corrected chi connectivity index (χ0v) is 14.8. The first-order valence-electron chi connectivity index (χ1n) is 7.93. The Morgan fingerprint density at radius 1 is 0.963 bits per heavy atom. The molecule has 0 bridgehead atoms. The topological polar surface area (TPSA) is 67.7 Å². The molecule has 6 nitrogen and oxygen atoms in total. The van der Waals surface area contributed by atoms with Crippen LogP contribution in [0.5, 0.6) is 0 Å². The minimum atomic E-state index is -0.650. The van der Waals surface area contributed by atoms with Crippen molar-refractivity contribution < 1.29 is 8.78 Å². The highest BCUT2D eigenvalue weighted by atomic mass is 35.5. The SMILES string of the molecule is Cn1ncc2ccc(Nc3ncc(F)c(Nc4ccc(F)c(Cl)c4)n3)cc21. The Hall–Kier alpha value is -3.26. The number of hydrogen-bond donors (Lipinski definition) is 2. The summed E-state index contributed by atoms with van der Waals surface area (Å²) >= 11 is 5.75. The molecule has 4 rings (SSSR count). The number of benzene rings is 2. The van der Waals surface area contributed by atoms with Crippen molar-refractivity contribution in [1.29, 1.82) is 0 Å². The summed E-state index contributed by atoms with van der Waals surface area (Å²) in [6.45, 7) is 0. The molecular weight excluding hydrogens is 374 g/mol. The van der Waals surface area contributed by atoms with Crippen molar-refractivity contribution in [1.82, 2.24) is 19.7 Å². The lowest BCUT2D eigenvalue weighted by atomic mass is 10.2. The molecule has 0 aliphatic rings. The van der Waals surface area contributed by atoms with E-state index in [4.69, 9.17) is 11.6 Å². The van der Waals surface area contributed by atoms with Crippen molar-refractivity contribution in [2.75, 3.05) is 10.6 Å². The molecule has 0 aliphatic heterocycles. The normalized spacial score (nSPS) is 11.0. The fourth-order valence-corrected chi connectivity index (χ4v) is 2.76. The van der Waals surface area contributed by atoms with Crippen molar-refractivity contribution in [3.8, 4) is 0 Å². The number of rotatable bonds is 4. The molecule has 9 heteroatoms. The van der Waals surface area contributed by atoms with E-state index in [9.17, 15) is 8.78 Å². The fourth-order valence-electron chi connectivity index (χ4n) is 2.58. The molecule has 0 radical (unpaired) electrons. The first-order chi connectivity index (χ1) is 13.0. The number of halogens is 3. The number of anilines is 4. The Balaban J connectivity index is 1.60. The highest BCUT2D eigenvalue weighted by molar-refractivity contribution is 6.31. The maximum Gasteiger partial charge on any atom is 0.229 e. The quantitative estimate of drug-likeness (QED) is 0.528. The molecular formula is C18H13ClF2N6. The van der Waals surface area contributed by atoms with Gasteiger partial charge in [-0.05, 0) is 36.4 Å². The van der Waals surface area contributed by atoms with E-state index in [-0.39, 0.29) is 16.8 Å². The van der Waals surface area contributed by atoms with Crippen LogP contribution < -0.4 is 10.6 Å². The molecule has 2 heterocycles. The van der Waals surface area contributed by atoms with Crippen LogP contribution >= 0.6 is 11.6 Å². The lowest BCUT2D eigenvalue weighted by Crippen LogP contribution is -2.03. The van der Waals surface area contributed by atoms with Crippen molar-refractivity contribution in [2.45, 2.75) is 0 Å². The lowest BCUT2D eigenvalue weighted by Gasteiger charge is -2.10. The van der Waals surface area contributed by atoms with Gasteiger partial charge in [-0.25, -0.2) is 13.8 Å². The number of aromatic nitrogens is 4. The minimum absolute atomic E-state index is 0.0585. The largest absolute Gasteiger partial charge is 0.338 e. The summed E-state index contributed by atoms with van der Waals surface area (Å²) in [5.74, 6) is -1.06. The van der Waals surface area contributed by atoms with Gasteiger partial charge in [0.05, 0.1) is 22.9 Å². The van der Waals surface area contributed by atoms with E-state index in [2.05, 4.69) is 25.7 Å². The smallest absolute Gasteiger partial charge is 0.229 e. The fraction of sp³-hybridized carbons (Fsp3) is 0.0556. The Morgan fingerprint density at radius 3 is 2.56 bits per heavy atom. The van der Waals surface area contributed by atoms with Crippen LogP contribution in [-0.4, -0.2) is 19.7 Å². The summed E-state index contributed by atoms with van der Waals surface area (Å²) in [5.41, 5.74) is 2.07. The van der Waals surface area contributed by atoms with E-state index in [0.29, 0.717) is 5.69 Å². The van der Waals surface area contributed by atoms with Gasteiger partial charge in [0.1, 0.15) is 5.82 Å². The standard InChI is InChI=1S/C18H13ClF2N6/c1-27-16-7-12(3-2-10(16)8-23-27)25-18-22-9-15(21)17(26-18)24-11-4-5-14(20)13(19)6-11/h2-9H,1H3,(H2,22,24,25,26). The van der Waals surface area contributed by atoms with Crippen LogP contribution in [0.2, 0.25) is 5.02 Å². The molecule has 4 aromatic rings. The molecule has 0 aliphatic carbocycles. The second kappa shape index (κ2) is 6.81. The molecule has 2 aromatic heterocycles. The van der Waals surface area contributed by atoms with Gasteiger partial charge < -0.3 is 10.6 Å². The summed E-state index contributed by atoms with van der Waals surface area (Å²) in [4.78, 5) is 8.09. The highest BCUT2D eigenvalue weighted by Gasteiger charge is 2.10. The number of aryl methyl sites for hydroxylation is 1. The Morgan fingerprint density at radius 2 is 1.74 bits per heavy atom. The molecule has 0 atom stereocenters. The van der Waals surface area contributed by atoms with Crippen molar-refractivity contribution >= 4 is 45.6 Å². The van der Waals surface area contributed by atoms with E-state index < -0.39 is 11.6 Å². The van der Waals surface area contributed by atoms with E-state index >= 15 is 0 Å². The molecule has 27 heavy (non-hydrogen) atoms. The van der Waals surface area contributed by atoms with E-state index in [1.807, 2.05) is 25.2 Å². The lowest BCUT2D eigenvalue weighted by molar-refractivity contribution is 0.619. The Bertz CT molecular complexity index is 1140. The first kappa shape index (κ1) is 17.2. The predicted octanol–water partition coefficient (Wildman–Crippen LogP) is 4.78. The Labute approximate surface area is 157 Å². The van der Waals surface area contributed by atoms with Crippen LogP contribution in [0.1, 0.15) is 0 Å². The molecule has 2 aromatic carbocycles. The van der Waals surface area contributed by atoms with Crippen LogP contribution in [-0.2, 0) is 7.05 Å². The Kier molecular flexibility index (Phi) is 4.33. The van der Waals surface area contributed by atoms with Gasteiger partial charge in [-0.15, -0.1) is 0 Å². The third-order valence-corrected chi connectivity index (χ3v) is 4.22. The van der Waals surface area contributed by atoms with Gasteiger partial charge in [-0.1, -0.05) is 11.6 Å². The van der Waals surface area contributed by atoms with Gasteiger partial charge in [0.2, 0.25) is 5.95 Å².